The van der Waals surface area contributed by atoms with Gasteiger partial charge in [0.15, 0.2) is 0 Å². The fraction of sp³-hybridized carbons (Fsp3) is 0.806. The number of unbranched alkanes of at least 4 members (excludes halogenated alkanes) is 24. The fourth-order valence-electron chi connectivity index (χ4n) is 5.52. The van der Waals surface area contributed by atoms with Gasteiger partial charge in [0.25, 0.3) is 0 Å². The van der Waals surface area contributed by atoms with Gasteiger partial charge in [0.05, 0.1) is 0 Å². The van der Waals surface area contributed by atoms with Gasteiger partial charge in [-0.25, -0.2) is 0 Å². The number of carbonyl (C=O) groups excluding carboxylic acids is 1. The normalized spacial score (nSPS) is 11.2. The molecule has 3 nitrogen and oxygen atoms in total. The van der Waals surface area contributed by atoms with Crippen molar-refractivity contribution < 1.29 is 9.90 Å². The lowest BCUT2D eigenvalue weighted by molar-refractivity contribution is -0.121. The molecule has 0 bridgehead atoms. The minimum Gasteiger partial charge on any atom is -0.508 e. The molecule has 0 fully saturated rings. The lowest BCUT2D eigenvalue weighted by atomic mass is 10.0. The maximum Gasteiger partial charge on any atom is 0.220 e. The summed E-state index contributed by atoms with van der Waals surface area (Å²) in [6.45, 7) is 2.97. The molecule has 2 N–H and O–H groups in total. The summed E-state index contributed by atoms with van der Waals surface area (Å²) in [6, 6.07) is 7.20. The van der Waals surface area contributed by atoms with Crippen molar-refractivity contribution in [3.05, 3.63) is 29.8 Å². The van der Waals surface area contributed by atoms with E-state index in [1.807, 2.05) is 12.1 Å². The van der Waals surface area contributed by atoms with Crippen LogP contribution in [0.5, 0.6) is 5.75 Å². The summed E-state index contributed by atoms with van der Waals surface area (Å²) in [4.78, 5) is 12.0. The van der Waals surface area contributed by atoms with Crippen LogP contribution in [0.15, 0.2) is 24.3 Å². The monoisotopic (exact) mass is 544 g/mol. The van der Waals surface area contributed by atoms with E-state index in [4.69, 9.17) is 0 Å². The Morgan fingerprint density at radius 2 is 0.872 bits per heavy atom. The lowest BCUT2D eigenvalue weighted by Gasteiger charge is -2.06. The second-order valence-corrected chi connectivity index (χ2v) is 12.0. The largest absolute Gasteiger partial charge is 0.508 e. The average Bonchev–Trinajstić information content (AvgIpc) is 2.94. The smallest absolute Gasteiger partial charge is 0.220 e. The molecule has 0 aliphatic rings. The standard InChI is InChI=1S/C36H65NO2/c1-2-3-4-5-6-7-8-9-10-11-12-13-14-15-16-17-18-19-20-21-22-23-24-25-26-27-36(39)37-33-32-34-28-30-35(38)31-29-34/h28-31,38H,2-27,32-33H2,1H3,(H,37,39). The van der Waals surface area contributed by atoms with E-state index in [9.17, 15) is 9.90 Å². The summed E-state index contributed by atoms with van der Waals surface area (Å²) in [5, 5.41) is 12.3. The van der Waals surface area contributed by atoms with Crippen LogP contribution in [0.25, 0.3) is 0 Å². The molecule has 1 amide bonds. The molecule has 0 atom stereocenters. The van der Waals surface area contributed by atoms with E-state index in [0.717, 1.165) is 18.4 Å². The number of nitrogens with one attached hydrogen (secondary N) is 1. The third kappa shape index (κ3) is 25.2. The molecule has 1 rings (SSSR count). The summed E-state index contributed by atoms with van der Waals surface area (Å²) in [7, 11) is 0. The van der Waals surface area contributed by atoms with Gasteiger partial charge in [-0.05, 0) is 30.5 Å². The number of amides is 1. The van der Waals surface area contributed by atoms with Gasteiger partial charge in [-0.2, -0.15) is 0 Å². The zero-order valence-corrected chi connectivity index (χ0v) is 26.0. The van der Waals surface area contributed by atoms with Gasteiger partial charge in [-0.1, -0.05) is 173 Å². The first-order valence-electron chi connectivity index (χ1n) is 17.3. The van der Waals surface area contributed by atoms with Crippen LogP contribution >= 0.6 is 0 Å². The molecular formula is C36H65NO2. The zero-order valence-electron chi connectivity index (χ0n) is 26.0. The van der Waals surface area contributed by atoms with Gasteiger partial charge in [0.2, 0.25) is 5.91 Å². The molecule has 0 spiro atoms. The Labute approximate surface area is 243 Å². The van der Waals surface area contributed by atoms with E-state index in [0.29, 0.717) is 13.0 Å². The topological polar surface area (TPSA) is 49.3 Å². The molecule has 0 saturated carbocycles. The van der Waals surface area contributed by atoms with Crippen LogP contribution in [0.3, 0.4) is 0 Å². The number of hydrogen-bond donors (Lipinski definition) is 2. The van der Waals surface area contributed by atoms with Crippen LogP contribution < -0.4 is 5.32 Å². The lowest BCUT2D eigenvalue weighted by Crippen LogP contribution is -2.25. The molecule has 1 aromatic carbocycles. The van der Waals surface area contributed by atoms with Crippen molar-refractivity contribution in [2.45, 2.75) is 180 Å². The van der Waals surface area contributed by atoms with Crippen molar-refractivity contribution in [3.63, 3.8) is 0 Å². The molecule has 39 heavy (non-hydrogen) atoms. The highest BCUT2D eigenvalue weighted by Crippen LogP contribution is 2.16. The summed E-state index contributed by atoms with van der Waals surface area (Å²) >= 11 is 0. The first-order valence-corrected chi connectivity index (χ1v) is 17.3. The Hall–Kier alpha value is -1.51. The van der Waals surface area contributed by atoms with E-state index in [-0.39, 0.29) is 11.7 Å². The van der Waals surface area contributed by atoms with Crippen LogP contribution in [0.1, 0.15) is 179 Å². The van der Waals surface area contributed by atoms with Gasteiger partial charge >= 0.3 is 0 Å². The minimum atomic E-state index is 0.169. The third-order valence-electron chi connectivity index (χ3n) is 8.18. The number of rotatable bonds is 29. The van der Waals surface area contributed by atoms with E-state index >= 15 is 0 Å². The van der Waals surface area contributed by atoms with Gasteiger partial charge in [-0.3, -0.25) is 4.79 Å². The second-order valence-electron chi connectivity index (χ2n) is 12.0. The zero-order chi connectivity index (χ0) is 28.1. The Morgan fingerprint density at radius 1 is 0.538 bits per heavy atom. The highest BCUT2D eigenvalue weighted by molar-refractivity contribution is 5.75. The number of aromatic hydroxyl groups is 1. The van der Waals surface area contributed by atoms with E-state index < -0.39 is 0 Å². The van der Waals surface area contributed by atoms with Crippen molar-refractivity contribution in [2.75, 3.05) is 6.54 Å². The number of phenols is 1. The summed E-state index contributed by atoms with van der Waals surface area (Å²) in [5.41, 5.74) is 1.14. The predicted octanol–water partition coefficient (Wildman–Crippen LogP) is 11.2. The van der Waals surface area contributed by atoms with Gasteiger partial charge < -0.3 is 10.4 Å². The molecule has 0 radical (unpaired) electrons. The van der Waals surface area contributed by atoms with Crippen molar-refractivity contribution in [2.24, 2.45) is 0 Å². The van der Waals surface area contributed by atoms with Crippen molar-refractivity contribution in [1.82, 2.24) is 5.32 Å². The van der Waals surface area contributed by atoms with Crippen LogP contribution in [-0.4, -0.2) is 17.6 Å². The number of hydrogen-bond acceptors (Lipinski definition) is 2. The number of carbonyl (C=O) groups is 1. The SMILES string of the molecule is CCCCCCCCCCCCCCCCCCCCCCCCCCCC(=O)NCCc1ccc(O)cc1. The maximum atomic E-state index is 12.0. The fourth-order valence-corrected chi connectivity index (χ4v) is 5.52. The van der Waals surface area contributed by atoms with Crippen LogP contribution in [0.4, 0.5) is 0 Å². The van der Waals surface area contributed by atoms with Crippen LogP contribution in [-0.2, 0) is 11.2 Å². The third-order valence-corrected chi connectivity index (χ3v) is 8.18. The minimum absolute atomic E-state index is 0.169. The summed E-state index contributed by atoms with van der Waals surface area (Å²) < 4.78 is 0. The second kappa shape index (κ2) is 28.0. The Kier molecular flexibility index (Phi) is 25.5. The van der Waals surface area contributed by atoms with Gasteiger partial charge in [-0.15, -0.1) is 0 Å². The molecule has 226 valence electrons. The molecule has 0 unspecified atom stereocenters. The molecule has 0 heterocycles. The maximum absolute atomic E-state index is 12.0. The molecule has 1 aromatic rings. The highest BCUT2D eigenvalue weighted by atomic mass is 16.3. The molecule has 3 heteroatoms. The summed E-state index contributed by atoms with van der Waals surface area (Å²) in [6.07, 6.45) is 36.5. The molecular weight excluding hydrogens is 478 g/mol. The van der Waals surface area contributed by atoms with Crippen molar-refractivity contribution >= 4 is 5.91 Å². The number of benzene rings is 1. The molecule has 0 aromatic heterocycles. The van der Waals surface area contributed by atoms with E-state index in [1.54, 1.807) is 12.1 Å². The Bertz CT molecular complexity index is 642. The molecule has 0 aliphatic heterocycles. The van der Waals surface area contributed by atoms with Crippen molar-refractivity contribution in [3.8, 4) is 5.75 Å². The van der Waals surface area contributed by atoms with E-state index in [1.165, 1.54) is 154 Å². The van der Waals surface area contributed by atoms with Gasteiger partial charge in [0, 0.05) is 13.0 Å². The van der Waals surface area contributed by atoms with Gasteiger partial charge in [0.1, 0.15) is 5.75 Å². The predicted molar refractivity (Wildman–Crippen MR) is 171 cm³/mol. The average molecular weight is 544 g/mol. The first kappa shape index (κ1) is 35.5. The van der Waals surface area contributed by atoms with E-state index in [2.05, 4.69) is 12.2 Å². The molecule has 0 saturated heterocycles. The van der Waals surface area contributed by atoms with Crippen LogP contribution in [0.2, 0.25) is 0 Å². The quantitative estimate of drug-likeness (QED) is 0.0987. The number of phenolic OH excluding ortho intramolecular Hbond substituents is 1. The Balaban J connectivity index is 1.69. The first-order chi connectivity index (χ1) is 19.2. The highest BCUT2D eigenvalue weighted by Gasteiger charge is 2.02. The Morgan fingerprint density at radius 3 is 1.23 bits per heavy atom. The summed E-state index contributed by atoms with van der Waals surface area (Å²) in [5.74, 6) is 0.455. The molecule has 0 aliphatic carbocycles. The van der Waals surface area contributed by atoms with Crippen molar-refractivity contribution in [1.29, 1.82) is 0 Å². The van der Waals surface area contributed by atoms with Crippen LogP contribution in [0, 0.1) is 0 Å².